The van der Waals surface area contributed by atoms with E-state index in [1.165, 1.54) is 20.8 Å². The van der Waals surface area contributed by atoms with Crippen molar-refractivity contribution in [1.29, 1.82) is 0 Å². The van der Waals surface area contributed by atoms with E-state index in [9.17, 15) is 19.2 Å². The fourth-order valence-corrected chi connectivity index (χ4v) is 3.33. The number of hydrogen-bond acceptors (Lipinski definition) is 6. The Morgan fingerprint density at radius 3 is 2.30 bits per heavy atom. The smallest absolute Gasteiger partial charge is 0.344 e. The lowest BCUT2D eigenvalue weighted by Gasteiger charge is -2.16. The van der Waals surface area contributed by atoms with Crippen LogP contribution in [0.5, 0.6) is 5.75 Å². The summed E-state index contributed by atoms with van der Waals surface area (Å²) in [4.78, 5) is 49.3. The second kappa shape index (κ2) is 8.90. The summed E-state index contributed by atoms with van der Waals surface area (Å²) < 4.78 is 10.5. The Bertz CT molecular complexity index is 995. The molecule has 30 heavy (non-hydrogen) atoms. The Labute approximate surface area is 174 Å². The van der Waals surface area contributed by atoms with Crippen LogP contribution in [0, 0.1) is 0 Å². The molecule has 156 valence electrons. The minimum Gasteiger partial charge on any atom is -0.482 e. The van der Waals surface area contributed by atoms with Crippen molar-refractivity contribution < 1.29 is 28.7 Å². The first kappa shape index (κ1) is 21.2. The Morgan fingerprint density at radius 2 is 1.67 bits per heavy atom. The molecule has 7 heteroatoms. The summed E-state index contributed by atoms with van der Waals surface area (Å²) in [6.07, 6.45) is -0.287. The van der Waals surface area contributed by atoms with E-state index < -0.39 is 12.1 Å². The van der Waals surface area contributed by atoms with Crippen LogP contribution in [-0.4, -0.2) is 42.7 Å². The van der Waals surface area contributed by atoms with Gasteiger partial charge in [-0.05, 0) is 68.3 Å². The van der Waals surface area contributed by atoms with Crippen LogP contribution in [0.15, 0.2) is 42.5 Å². The number of carbonyl (C=O) groups is 4. The third-order valence-electron chi connectivity index (χ3n) is 4.93. The second-order valence-electron chi connectivity index (χ2n) is 7.13. The van der Waals surface area contributed by atoms with Crippen molar-refractivity contribution in [3.05, 3.63) is 59.2 Å². The zero-order chi connectivity index (χ0) is 21.8. The zero-order valence-electron chi connectivity index (χ0n) is 17.1. The summed E-state index contributed by atoms with van der Waals surface area (Å²) in [6.45, 7) is 4.73. The SMILES string of the molecule is CC(=O)c1ccc(OCC(=O)OC(C)C(=O)c2ccc3c(c2)CCN3C(C)=O)cc1. The van der Waals surface area contributed by atoms with E-state index >= 15 is 0 Å². The molecular formula is C23H23NO6. The highest BCUT2D eigenvalue weighted by atomic mass is 16.6. The minimum absolute atomic E-state index is 0.0361. The summed E-state index contributed by atoms with van der Waals surface area (Å²) >= 11 is 0. The maximum absolute atomic E-state index is 12.6. The van der Waals surface area contributed by atoms with Crippen molar-refractivity contribution in [3.8, 4) is 5.75 Å². The second-order valence-corrected chi connectivity index (χ2v) is 7.13. The number of benzene rings is 2. The first-order valence-corrected chi connectivity index (χ1v) is 9.65. The molecule has 3 rings (SSSR count). The molecule has 0 N–H and O–H groups in total. The molecule has 0 saturated heterocycles. The Balaban J connectivity index is 1.55. The van der Waals surface area contributed by atoms with Crippen LogP contribution in [0.2, 0.25) is 0 Å². The van der Waals surface area contributed by atoms with Crippen molar-refractivity contribution in [1.82, 2.24) is 0 Å². The highest BCUT2D eigenvalue weighted by Crippen LogP contribution is 2.29. The Kier molecular flexibility index (Phi) is 6.30. The molecule has 0 bridgehead atoms. The number of nitrogens with zero attached hydrogens (tertiary/aromatic N) is 1. The molecule has 1 aliphatic heterocycles. The van der Waals surface area contributed by atoms with Crippen molar-refractivity contribution in [2.24, 2.45) is 0 Å². The van der Waals surface area contributed by atoms with Crippen LogP contribution in [0.1, 0.15) is 47.1 Å². The fraction of sp³-hybridized carbons (Fsp3) is 0.304. The van der Waals surface area contributed by atoms with Gasteiger partial charge in [-0.15, -0.1) is 0 Å². The highest BCUT2D eigenvalue weighted by Gasteiger charge is 2.25. The summed E-state index contributed by atoms with van der Waals surface area (Å²) in [5.74, 6) is -0.668. The predicted molar refractivity (Wildman–Crippen MR) is 110 cm³/mol. The van der Waals surface area contributed by atoms with Gasteiger partial charge in [0.2, 0.25) is 11.7 Å². The van der Waals surface area contributed by atoms with Gasteiger partial charge in [0.1, 0.15) is 5.75 Å². The number of rotatable bonds is 7. The van der Waals surface area contributed by atoms with E-state index in [0.717, 1.165) is 11.3 Å². The summed E-state index contributed by atoms with van der Waals surface area (Å²) in [7, 11) is 0. The zero-order valence-corrected chi connectivity index (χ0v) is 17.1. The first-order chi connectivity index (χ1) is 14.3. The van der Waals surface area contributed by atoms with Crippen LogP contribution < -0.4 is 9.64 Å². The first-order valence-electron chi connectivity index (χ1n) is 9.65. The number of hydrogen-bond donors (Lipinski definition) is 0. The number of amides is 1. The van der Waals surface area contributed by atoms with Gasteiger partial charge >= 0.3 is 5.97 Å². The van der Waals surface area contributed by atoms with Gasteiger partial charge in [-0.1, -0.05) is 0 Å². The molecule has 0 saturated carbocycles. The van der Waals surface area contributed by atoms with E-state index in [2.05, 4.69) is 0 Å². The number of ketones is 2. The molecule has 0 aliphatic carbocycles. The maximum Gasteiger partial charge on any atom is 0.344 e. The molecule has 7 nitrogen and oxygen atoms in total. The molecule has 0 fully saturated rings. The van der Waals surface area contributed by atoms with Gasteiger partial charge in [0.05, 0.1) is 0 Å². The molecule has 1 aliphatic rings. The number of ether oxygens (including phenoxy) is 2. The standard InChI is InChI=1S/C23H23NO6/c1-14(25)17-4-7-20(8-5-17)29-13-22(27)30-15(2)23(28)19-6-9-21-18(12-19)10-11-24(21)16(3)26/h4-9,12,15H,10-11,13H2,1-3H3. The van der Waals surface area contributed by atoms with Gasteiger partial charge in [0.25, 0.3) is 0 Å². The summed E-state index contributed by atoms with van der Waals surface area (Å²) in [5.41, 5.74) is 2.71. The number of fused-ring (bicyclic) bond motifs is 1. The molecule has 1 amide bonds. The number of carbonyl (C=O) groups excluding carboxylic acids is 4. The fourth-order valence-electron chi connectivity index (χ4n) is 3.33. The molecule has 0 spiro atoms. The Hall–Kier alpha value is -3.48. The normalized spacial score (nSPS) is 13.4. The maximum atomic E-state index is 12.6. The summed E-state index contributed by atoms with van der Waals surface area (Å²) in [6, 6.07) is 11.5. The Morgan fingerprint density at radius 1 is 1.00 bits per heavy atom. The van der Waals surface area contributed by atoms with Crippen molar-refractivity contribution in [2.75, 3.05) is 18.1 Å². The van der Waals surface area contributed by atoms with E-state index in [0.29, 0.717) is 29.8 Å². The lowest BCUT2D eigenvalue weighted by molar-refractivity contribution is -0.148. The lowest BCUT2D eigenvalue weighted by Crippen LogP contribution is -2.27. The van der Waals surface area contributed by atoms with Crippen molar-refractivity contribution in [2.45, 2.75) is 33.3 Å². The number of Topliss-reactive ketones (excluding diaryl/α,β-unsaturated/α-hetero) is 2. The number of anilines is 1. The highest BCUT2D eigenvalue weighted by molar-refractivity contribution is 6.02. The van der Waals surface area contributed by atoms with Gasteiger partial charge < -0.3 is 14.4 Å². The number of esters is 1. The third kappa shape index (κ3) is 4.74. The van der Waals surface area contributed by atoms with Crippen LogP contribution in [0.3, 0.4) is 0 Å². The van der Waals surface area contributed by atoms with Crippen LogP contribution >= 0.6 is 0 Å². The molecule has 2 aromatic carbocycles. The van der Waals surface area contributed by atoms with E-state index in [-0.39, 0.29) is 24.1 Å². The summed E-state index contributed by atoms with van der Waals surface area (Å²) in [5, 5.41) is 0. The van der Waals surface area contributed by atoms with Crippen molar-refractivity contribution in [3.63, 3.8) is 0 Å². The molecule has 0 radical (unpaired) electrons. The van der Waals surface area contributed by atoms with Gasteiger partial charge in [0, 0.05) is 30.3 Å². The van der Waals surface area contributed by atoms with Gasteiger partial charge in [-0.25, -0.2) is 4.79 Å². The van der Waals surface area contributed by atoms with E-state index in [1.807, 2.05) is 0 Å². The van der Waals surface area contributed by atoms with Crippen molar-refractivity contribution >= 4 is 29.1 Å². The largest absolute Gasteiger partial charge is 0.482 e. The van der Waals surface area contributed by atoms with Gasteiger partial charge in [-0.3, -0.25) is 14.4 Å². The topological polar surface area (TPSA) is 90.0 Å². The van der Waals surface area contributed by atoms with Crippen LogP contribution in [0.25, 0.3) is 0 Å². The van der Waals surface area contributed by atoms with E-state index in [1.54, 1.807) is 47.4 Å². The van der Waals surface area contributed by atoms with Gasteiger partial charge in [-0.2, -0.15) is 0 Å². The molecule has 1 heterocycles. The minimum atomic E-state index is -0.968. The third-order valence-corrected chi connectivity index (χ3v) is 4.93. The average Bonchev–Trinajstić information content (AvgIpc) is 3.15. The average molecular weight is 409 g/mol. The quantitative estimate of drug-likeness (QED) is 0.516. The van der Waals surface area contributed by atoms with Crippen LogP contribution in [0.4, 0.5) is 5.69 Å². The van der Waals surface area contributed by atoms with Crippen LogP contribution in [-0.2, 0) is 20.7 Å². The molecule has 1 unspecified atom stereocenters. The molecule has 2 aromatic rings. The van der Waals surface area contributed by atoms with Gasteiger partial charge in [0.15, 0.2) is 18.5 Å². The monoisotopic (exact) mass is 409 g/mol. The molecule has 1 atom stereocenters. The lowest BCUT2D eigenvalue weighted by atomic mass is 10.0. The molecule has 0 aromatic heterocycles. The predicted octanol–water partition coefficient (Wildman–Crippen LogP) is 2.99. The van der Waals surface area contributed by atoms with E-state index in [4.69, 9.17) is 9.47 Å². The molecular weight excluding hydrogens is 386 g/mol.